The minimum Gasteiger partial charge on any atom is -0.550 e. The molecule has 0 aliphatic heterocycles. The van der Waals surface area contributed by atoms with Crippen LogP contribution in [-0.4, -0.2) is 22.1 Å². The molecule has 7 nitrogen and oxygen atoms in total. The van der Waals surface area contributed by atoms with E-state index < -0.39 is 34.8 Å². The Balaban J connectivity index is 0.00000420. The van der Waals surface area contributed by atoms with Gasteiger partial charge >= 0.3 is 35.5 Å². The van der Waals surface area contributed by atoms with E-state index in [1.165, 1.54) is 32.9 Å². The molecule has 0 unspecified atom stereocenters. The number of carbonyl (C=O) groups is 2. The van der Waals surface area contributed by atoms with Crippen LogP contribution >= 0.6 is 11.6 Å². The van der Waals surface area contributed by atoms with Gasteiger partial charge in [-0.05, 0) is 49.3 Å². The second kappa shape index (κ2) is 12.2. The molecule has 1 fully saturated rings. The van der Waals surface area contributed by atoms with Crippen molar-refractivity contribution in [2.75, 3.05) is 0 Å². The van der Waals surface area contributed by atoms with Gasteiger partial charge in [0.1, 0.15) is 11.6 Å². The predicted octanol–water partition coefficient (Wildman–Crippen LogP) is 2.96. The van der Waals surface area contributed by atoms with Crippen LogP contribution in [0.25, 0.3) is 11.5 Å². The molecule has 0 spiro atoms. The van der Waals surface area contributed by atoms with Gasteiger partial charge in [0, 0.05) is 46.8 Å². The van der Waals surface area contributed by atoms with E-state index in [1.807, 2.05) is 0 Å². The van der Waals surface area contributed by atoms with E-state index in [9.17, 15) is 27.9 Å². The Morgan fingerprint density at radius 2 is 1.85 bits per heavy atom. The van der Waals surface area contributed by atoms with E-state index in [-0.39, 0.29) is 89.0 Å². The first kappa shape index (κ1) is 31.4. The third-order valence-corrected chi connectivity index (χ3v) is 6.93. The molecule has 3 aromatic rings. The van der Waals surface area contributed by atoms with E-state index in [2.05, 4.69) is 10.3 Å². The van der Waals surface area contributed by atoms with Gasteiger partial charge in [0.15, 0.2) is 11.5 Å². The zero-order valence-electron chi connectivity index (χ0n) is 22.2. The molecule has 2 aromatic heterocycles. The molecule has 0 N–H and O–H groups in total. The van der Waals surface area contributed by atoms with Gasteiger partial charge in [-0.3, -0.25) is 4.79 Å². The zero-order chi connectivity index (χ0) is 27.8. The van der Waals surface area contributed by atoms with Crippen LogP contribution < -0.4 is 34.7 Å². The molecule has 1 aliphatic carbocycles. The van der Waals surface area contributed by atoms with Crippen LogP contribution in [0.15, 0.2) is 33.3 Å². The predicted molar refractivity (Wildman–Crippen MR) is 129 cm³/mol. The topological polar surface area (TPSA) is 109 Å². The van der Waals surface area contributed by atoms with Gasteiger partial charge < -0.3 is 18.9 Å². The van der Waals surface area contributed by atoms with Crippen LogP contribution in [0.1, 0.15) is 87.3 Å². The molecule has 0 radical (unpaired) electrons. The standard InChI is InChI=1S/C27H28ClF3N2O5.Na/c1-26(2,3)27(30,31)21-13-20(32-37-21)25-23(14-4-5-14)24(33-38-25)16(7-9-22(35)36)11-18(34)10-15-6-8-17(28)12-19(15)29;/h6,8,12-14,16H,4-5,7,9-11H2,1-3H3,(H,35,36);/q;+1/p-1/t16-;/m0./s1. The number of alkyl halides is 2. The molecule has 1 saturated carbocycles. The maximum Gasteiger partial charge on any atom is 1.00 e. The largest absolute Gasteiger partial charge is 1.00 e. The molecule has 12 heteroatoms. The van der Waals surface area contributed by atoms with Crippen molar-refractivity contribution in [2.24, 2.45) is 5.41 Å². The van der Waals surface area contributed by atoms with E-state index in [4.69, 9.17) is 20.6 Å². The fraction of sp³-hybridized carbons (Fsp3) is 0.481. The Kier molecular flexibility index (Phi) is 9.79. The number of carboxylic acids is 1. The molecule has 1 aliphatic rings. The summed E-state index contributed by atoms with van der Waals surface area (Å²) >= 11 is 5.78. The van der Waals surface area contributed by atoms with Crippen molar-refractivity contribution in [3.8, 4) is 11.5 Å². The van der Waals surface area contributed by atoms with Crippen LogP contribution in [0.2, 0.25) is 5.02 Å². The van der Waals surface area contributed by atoms with Gasteiger partial charge in [-0.1, -0.05) is 48.8 Å². The van der Waals surface area contributed by atoms with Gasteiger partial charge in [0.2, 0.25) is 5.76 Å². The van der Waals surface area contributed by atoms with Crippen LogP contribution in [0, 0.1) is 11.2 Å². The fourth-order valence-corrected chi connectivity index (χ4v) is 4.47. The third kappa shape index (κ3) is 7.14. The third-order valence-electron chi connectivity index (χ3n) is 6.70. The number of benzene rings is 1. The van der Waals surface area contributed by atoms with Crippen molar-refractivity contribution < 1.29 is 66.5 Å². The summed E-state index contributed by atoms with van der Waals surface area (Å²) in [6, 6.07) is 5.13. The first-order chi connectivity index (χ1) is 17.8. The quantitative estimate of drug-likeness (QED) is 0.324. The van der Waals surface area contributed by atoms with Crippen LogP contribution in [0.5, 0.6) is 0 Å². The first-order valence-corrected chi connectivity index (χ1v) is 12.7. The Morgan fingerprint density at radius 1 is 1.15 bits per heavy atom. The number of halogens is 4. The van der Waals surface area contributed by atoms with Crippen LogP contribution in [-0.2, 0) is 21.9 Å². The summed E-state index contributed by atoms with van der Waals surface area (Å²) in [6.07, 6.45) is 0.888. The number of carbonyl (C=O) groups excluding carboxylic acids is 2. The van der Waals surface area contributed by atoms with Crippen LogP contribution in [0.4, 0.5) is 13.2 Å². The summed E-state index contributed by atoms with van der Waals surface area (Å²) in [5.74, 6) is -6.71. The summed E-state index contributed by atoms with van der Waals surface area (Å²) in [5.41, 5.74) is -0.261. The van der Waals surface area contributed by atoms with Gasteiger partial charge in [-0.25, -0.2) is 4.39 Å². The van der Waals surface area contributed by atoms with E-state index in [0.717, 1.165) is 25.0 Å². The van der Waals surface area contributed by atoms with Gasteiger partial charge in [-0.15, -0.1) is 0 Å². The molecule has 0 saturated heterocycles. The molecule has 0 amide bonds. The monoisotopic (exact) mass is 574 g/mol. The summed E-state index contributed by atoms with van der Waals surface area (Å²) in [4.78, 5) is 24.2. The van der Waals surface area contributed by atoms with Crippen molar-refractivity contribution in [3.05, 3.63) is 57.7 Å². The molecule has 0 bridgehead atoms. The average molecular weight is 575 g/mol. The van der Waals surface area contributed by atoms with Crippen molar-refractivity contribution >= 4 is 23.4 Å². The molecule has 4 rings (SSSR count). The normalized spacial score (nSPS) is 14.6. The number of nitrogens with zero attached hydrogens (tertiary/aromatic N) is 2. The Labute approximate surface area is 250 Å². The average Bonchev–Trinajstić information content (AvgIpc) is 3.35. The van der Waals surface area contributed by atoms with Crippen molar-refractivity contribution in [1.29, 1.82) is 0 Å². The number of aromatic nitrogens is 2. The maximum atomic E-state index is 14.8. The molecular weight excluding hydrogens is 548 g/mol. The van der Waals surface area contributed by atoms with E-state index in [0.29, 0.717) is 11.3 Å². The first-order valence-electron chi connectivity index (χ1n) is 12.3. The maximum absolute atomic E-state index is 14.8. The molecule has 39 heavy (non-hydrogen) atoms. The van der Waals surface area contributed by atoms with E-state index >= 15 is 0 Å². The summed E-state index contributed by atoms with van der Waals surface area (Å²) in [5, 5.41) is 19.4. The molecule has 1 aromatic carbocycles. The minimum atomic E-state index is -3.30. The van der Waals surface area contributed by atoms with Gasteiger partial charge in [0.05, 0.1) is 5.69 Å². The number of aliphatic carboxylic acids is 1. The molecule has 204 valence electrons. The number of rotatable bonds is 11. The fourth-order valence-electron chi connectivity index (χ4n) is 4.31. The van der Waals surface area contributed by atoms with Crippen LogP contribution in [0.3, 0.4) is 0 Å². The Morgan fingerprint density at radius 3 is 2.44 bits per heavy atom. The van der Waals surface area contributed by atoms with Crippen molar-refractivity contribution in [3.63, 3.8) is 0 Å². The molecular formula is C27H27ClF3N2NaO5. The zero-order valence-corrected chi connectivity index (χ0v) is 24.9. The molecule has 2 heterocycles. The van der Waals surface area contributed by atoms with Crippen molar-refractivity contribution in [2.45, 2.75) is 77.1 Å². The van der Waals surface area contributed by atoms with Gasteiger partial charge in [-0.2, -0.15) is 8.78 Å². The second-order valence-electron chi connectivity index (χ2n) is 10.7. The smallest absolute Gasteiger partial charge is 0.550 e. The molecule has 1 atom stereocenters. The SMILES string of the molecule is CC(C)(C)C(F)(F)c1cc(-c2onc([C@@H](CCC(=O)[O-])CC(=O)Cc3ccc(Cl)cc3F)c2C2CC2)no1.[Na+]. The Bertz CT molecular complexity index is 1350. The number of ketones is 1. The van der Waals surface area contributed by atoms with Crippen molar-refractivity contribution in [1.82, 2.24) is 10.3 Å². The van der Waals surface area contributed by atoms with E-state index in [1.54, 1.807) is 0 Å². The summed E-state index contributed by atoms with van der Waals surface area (Å²) < 4.78 is 54.4. The number of Topliss-reactive ketones (excluding diaryl/α,β-unsaturated/α-hetero) is 1. The Hall–Kier alpha value is -2.14. The van der Waals surface area contributed by atoms with Gasteiger partial charge in [0.25, 0.3) is 0 Å². The number of hydrogen-bond acceptors (Lipinski definition) is 7. The number of hydrogen-bond donors (Lipinski definition) is 0. The summed E-state index contributed by atoms with van der Waals surface area (Å²) in [7, 11) is 0. The minimum absolute atomic E-state index is 0. The number of carboxylic acid groups (broad SMARTS) is 1. The summed E-state index contributed by atoms with van der Waals surface area (Å²) in [6.45, 7) is 4.14. The second-order valence-corrected chi connectivity index (χ2v) is 11.2.